The van der Waals surface area contributed by atoms with Crippen LogP contribution in [0.3, 0.4) is 0 Å². The summed E-state index contributed by atoms with van der Waals surface area (Å²) in [6.07, 6.45) is -2.04. The Labute approximate surface area is 147 Å². The molecule has 26 heavy (non-hydrogen) atoms. The SMILES string of the molecule is N#CC(F)C1CCC(c2ncn(-c3ccc(OC(F)(F)F)cc3)n2)CC1. The molecule has 1 aliphatic rings. The molecular weight excluding hydrogens is 352 g/mol. The fourth-order valence-corrected chi connectivity index (χ4v) is 3.16. The van der Waals surface area contributed by atoms with Crippen molar-refractivity contribution >= 4 is 0 Å². The minimum Gasteiger partial charge on any atom is -0.406 e. The number of nitriles is 1. The number of alkyl halides is 4. The lowest BCUT2D eigenvalue weighted by Gasteiger charge is -2.26. The highest BCUT2D eigenvalue weighted by atomic mass is 19.4. The Hall–Kier alpha value is -2.63. The zero-order valence-electron chi connectivity index (χ0n) is 13.7. The van der Waals surface area contributed by atoms with Gasteiger partial charge in [-0.1, -0.05) is 0 Å². The number of nitrogens with zero attached hydrogens (tertiary/aromatic N) is 4. The van der Waals surface area contributed by atoms with Crippen molar-refractivity contribution in [1.29, 1.82) is 5.26 Å². The van der Waals surface area contributed by atoms with Crippen LogP contribution in [0.1, 0.15) is 37.4 Å². The summed E-state index contributed by atoms with van der Waals surface area (Å²) < 4.78 is 55.3. The molecule has 1 saturated carbocycles. The average molecular weight is 368 g/mol. The Balaban J connectivity index is 1.64. The first-order valence-corrected chi connectivity index (χ1v) is 8.17. The molecule has 0 saturated heterocycles. The van der Waals surface area contributed by atoms with Crippen molar-refractivity contribution in [3.63, 3.8) is 0 Å². The second-order valence-corrected chi connectivity index (χ2v) is 6.23. The molecule has 138 valence electrons. The third kappa shape index (κ3) is 4.31. The summed E-state index contributed by atoms with van der Waals surface area (Å²) in [7, 11) is 0. The molecule has 2 aromatic rings. The molecule has 1 aromatic carbocycles. The van der Waals surface area contributed by atoms with Crippen LogP contribution in [0.25, 0.3) is 5.69 Å². The average Bonchev–Trinajstić information content (AvgIpc) is 3.10. The molecule has 1 unspecified atom stereocenters. The molecule has 1 heterocycles. The van der Waals surface area contributed by atoms with Crippen molar-refractivity contribution in [2.24, 2.45) is 5.92 Å². The molecule has 0 spiro atoms. The van der Waals surface area contributed by atoms with Crippen molar-refractivity contribution in [1.82, 2.24) is 14.8 Å². The lowest BCUT2D eigenvalue weighted by Crippen LogP contribution is -2.21. The van der Waals surface area contributed by atoms with E-state index in [1.807, 2.05) is 0 Å². The monoisotopic (exact) mass is 368 g/mol. The predicted molar refractivity (Wildman–Crippen MR) is 83.3 cm³/mol. The van der Waals surface area contributed by atoms with E-state index >= 15 is 0 Å². The molecule has 1 fully saturated rings. The number of hydrogen-bond acceptors (Lipinski definition) is 4. The Kier molecular flexibility index (Phi) is 5.11. The Morgan fingerprint density at radius 3 is 2.38 bits per heavy atom. The molecule has 0 radical (unpaired) electrons. The van der Waals surface area contributed by atoms with Crippen LogP contribution in [0.15, 0.2) is 30.6 Å². The van der Waals surface area contributed by atoms with Gasteiger partial charge in [0.25, 0.3) is 0 Å². The molecule has 0 aliphatic heterocycles. The maximum Gasteiger partial charge on any atom is 0.573 e. The number of rotatable bonds is 4. The van der Waals surface area contributed by atoms with E-state index in [9.17, 15) is 17.6 Å². The third-order valence-corrected chi connectivity index (χ3v) is 4.52. The number of halogens is 4. The lowest BCUT2D eigenvalue weighted by atomic mass is 9.80. The fourth-order valence-electron chi connectivity index (χ4n) is 3.16. The second kappa shape index (κ2) is 7.32. The quantitative estimate of drug-likeness (QED) is 0.755. The minimum atomic E-state index is -4.73. The zero-order chi connectivity index (χ0) is 18.7. The van der Waals surface area contributed by atoms with E-state index in [2.05, 4.69) is 14.8 Å². The van der Waals surface area contributed by atoms with Crippen molar-refractivity contribution in [3.8, 4) is 17.5 Å². The van der Waals surface area contributed by atoms with Crippen LogP contribution in [-0.4, -0.2) is 27.3 Å². The van der Waals surface area contributed by atoms with Gasteiger partial charge < -0.3 is 4.74 Å². The van der Waals surface area contributed by atoms with Crippen molar-refractivity contribution in [2.45, 2.75) is 44.1 Å². The van der Waals surface area contributed by atoms with E-state index < -0.39 is 12.5 Å². The van der Waals surface area contributed by atoms with E-state index in [0.717, 1.165) is 0 Å². The number of ether oxygens (including phenoxy) is 1. The molecule has 0 amide bonds. The van der Waals surface area contributed by atoms with Gasteiger partial charge >= 0.3 is 6.36 Å². The van der Waals surface area contributed by atoms with Gasteiger partial charge in [-0.2, -0.15) is 10.4 Å². The van der Waals surface area contributed by atoms with Gasteiger partial charge in [0.05, 0.1) is 5.69 Å². The standard InChI is InChI=1S/C17H16F4N4O/c18-15(9-22)11-1-3-12(4-2-11)16-23-10-25(24-16)13-5-7-14(8-6-13)26-17(19,20)21/h5-8,10-12,15H,1-4H2. The second-order valence-electron chi connectivity index (χ2n) is 6.23. The minimum absolute atomic E-state index is 0.0891. The summed E-state index contributed by atoms with van der Waals surface area (Å²) in [6.45, 7) is 0. The van der Waals surface area contributed by atoms with Crippen molar-refractivity contribution in [3.05, 3.63) is 36.4 Å². The van der Waals surface area contributed by atoms with Crippen LogP contribution in [0, 0.1) is 17.2 Å². The maximum atomic E-state index is 13.4. The Morgan fingerprint density at radius 1 is 1.15 bits per heavy atom. The first-order valence-electron chi connectivity index (χ1n) is 8.17. The molecule has 5 nitrogen and oxygen atoms in total. The zero-order valence-corrected chi connectivity index (χ0v) is 13.7. The highest BCUT2D eigenvalue weighted by Crippen LogP contribution is 2.36. The van der Waals surface area contributed by atoms with E-state index in [4.69, 9.17) is 5.26 Å². The Bertz CT molecular complexity index is 773. The van der Waals surface area contributed by atoms with Crippen LogP contribution in [0.2, 0.25) is 0 Å². The molecule has 0 bridgehead atoms. The molecule has 1 atom stereocenters. The fraction of sp³-hybridized carbons (Fsp3) is 0.471. The van der Waals surface area contributed by atoms with E-state index in [0.29, 0.717) is 37.2 Å². The number of hydrogen-bond donors (Lipinski definition) is 0. The summed E-state index contributed by atoms with van der Waals surface area (Å²) >= 11 is 0. The molecular formula is C17H16F4N4O. The van der Waals surface area contributed by atoms with Gasteiger partial charge in [-0.3, -0.25) is 0 Å². The number of aromatic nitrogens is 3. The summed E-state index contributed by atoms with van der Waals surface area (Å²) in [4.78, 5) is 4.27. The highest BCUT2D eigenvalue weighted by molar-refractivity contribution is 5.36. The first-order chi connectivity index (χ1) is 12.4. The molecule has 3 rings (SSSR count). The van der Waals surface area contributed by atoms with Gasteiger partial charge in [0.1, 0.15) is 18.1 Å². The van der Waals surface area contributed by atoms with Crippen LogP contribution >= 0.6 is 0 Å². The third-order valence-electron chi connectivity index (χ3n) is 4.52. The normalized spacial score (nSPS) is 21.8. The van der Waals surface area contributed by atoms with Crippen LogP contribution in [0.4, 0.5) is 17.6 Å². The Morgan fingerprint density at radius 2 is 1.81 bits per heavy atom. The highest BCUT2D eigenvalue weighted by Gasteiger charge is 2.31. The van der Waals surface area contributed by atoms with Gasteiger partial charge in [-0.05, 0) is 49.9 Å². The maximum absolute atomic E-state index is 13.4. The molecule has 9 heteroatoms. The molecule has 1 aliphatic carbocycles. The van der Waals surface area contributed by atoms with Gasteiger partial charge in [0.15, 0.2) is 12.0 Å². The van der Waals surface area contributed by atoms with Crippen molar-refractivity contribution in [2.75, 3.05) is 0 Å². The first kappa shape index (κ1) is 18.2. The summed E-state index contributed by atoms with van der Waals surface area (Å²) in [5, 5.41) is 13.0. The summed E-state index contributed by atoms with van der Waals surface area (Å²) in [5.74, 6) is 0.162. The summed E-state index contributed by atoms with van der Waals surface area (Å²) in [5.41, 5.74) is 0.556. The predicted octanol–water partition coefficient (Wildman–Crippen LogP) is 4.30. The topological polar surface area (TPSA) is 63.7 Å². The van der Waals surface area contributed by atoms with Crippen LogP contribution in [-0.2, 0) is 0 Å². The lowest BCUT2D eigenvalue weighted by molar-refractivity contribution is -0.274. The van der Waals surface area contributed by atoms with Crippen LogP contribution in [0.5, 0.6) is 5.75 Å². The largest absolute Gasteiger partial charge is 0.573 e. The molecule has 1 aromatic heterocycles. The van der Waals surface area contributed by atoms with Crippen molar-refractivity contribution < 1.29 is 22.3 Å². The smallest absolute Gasteiger partial charge is 0.406 e. The molecule has 0 N–H and O–H groups in total. The van der Waals surface area contributed by atoms with E-state index in [-0.39, 0.29) is 17.6 Å². The van der Waals surface area contributed by atoms with Crippen LogP contribution < -0.4 is 4.74 Å². The van der Waals surface area contributed by atoms with Gasteiger partial charge in [-0.25, -0.2) is 14.1 Å². The van der Waals surface area contributed by atoms with Gasteiger partial charge in [-0.15, -0.1) is 13.2 Å². The van der Waals surface area contributed by atoms with E-state index in [1.54, 1.807) is 6.07 Å². The van der Waals surface area contributed by atoms with E-state index in [1.165, 1.54) is 35.3 Å². The van der Waals surface area contributed by atoms with Gasteiger partial charge in [0, 0.05) is 11.8 Å². The van der Waals surface area contributed by atoms with Gasteiger partial charge in [0.2, 0.25) is 0 Å². The summed E-state index contributed by atoms with van der Waals surface area (Å²) in [6, 6.07) is 6.98. The number of benzene rings is 1.